The summed E-state index contributed by atoms with van der Waals surface area (Å²) in [7, 11) is 0. The lowest BCUT2D eigenvalue weighted by Crippen LogP contribution is -2.32. The third kappa shape index (κ3) is 5.35. The first-order valence-electron chi connectivity index (χ1n) is 11.8. The molecule has 0 radical (unpaired) electrons. The van der Waals surface area contributed by atoms with E-state index in [2.05, 4.69) is 15.6 Å². The van der Waals surface area contributed by atoms with Crippen LogP contribution in [0.15, 0.2) is 83.4 Å². The Morgan fingerprint density at radius 1 is 1.16 bits per heavy atom. The number of nitrogens with zero attached hydrogens (tertiary/aromatic N) is 2. The Morgan fingerprint density at radius 2 is 1.97 bits per heavy atom. The van der Waals surface area contributed by atoms with Gasteiger partial charge in [-0.3, -0.25) is 9.78 Å². The second kappa shape index (κ2) is 10.7. The molecule has 2 aromatic heterocycles. The number of halogens is 2. The lowest BCUT2D eigenvalue weighted by Gasteiger charge is -2.25. The Labute approximate surface area is 224 Å². The number of pyridine rings is 1. The normalized spacial score (nSPS) is 17.1. The number of para-hydroxylation sites is 1. The molecule has 2 aromatic carbocycles. The molecule has 2 N–H and O–H groups in total. The van der Waals surface area contributed by atoms with Gasteiger partial charge in [0.05, 0.1) is 17.4 Å². The maximum absolute atomic E-state index is 14.0. The van der Waals surface area contributed by atoms with E-state index in [0.717, 1.165) is 16.8 Å². The van der Waals surface area contributed by atoms with Gasteiger partial charge < -0.3 is 20.0 Å². The molecule has 2 atom stereocenters. The zero-order valence-electron chi connectivity index (χ0n) is 19.9. The highest BCUT2D eigenvalue weighted by Crippen LogP contribution is 2.41. The molecule has 0 saturated carbocycles. The monoisotopic (exact) mass is 534 g/mol. The van der Waals surface area contributed by atoms with E-state index in [1.54, 1.807) is 18.3 Å². The smallest absolute Gasteiger partial charge is 0.226 e. The number of aryl methyl sites for hydroxylation is 1. The van der Waals surface area contributed by atoms with E-state index >= 15 is 0 Å². The maximum Gasteiger partial charge on any atom is 0.226 e. The number of benzene rings is 2. The molecule has 3 heterocycles. The van der Waals surface area contributed by atoms with Gasteiger partial charge in [0.2, 0.25) is 5.91 Å². The number of furan rings is 1. The molecule has 1 fully saturated rings. The minimum atomic E-state index is -0.485. The molecule has 0 bridgehead atoms. The zero-order chi connectivity index (χ0) is 25.9. The molecule has 2 unspecified atom stereocenters. The Hall–Kier alpha value is -3.75. The van der Waals surface area contributed by atoms with Gasteiger partial charge in [0.15, 0.2) is 5.11 Å². The third-order valence-electron chi connectivity index (χ3n) is 6.31. The summed E-state index contributed by atoms with van der Waals surface area (Å²) in [6.07, 6.45) is 1.83. The molecule has 188 valence electrons. The number of carbonyl (C=O) groups excluding carboxylic acids is 1. The van der Waals surface area contributed by atoms with E-state index < -0.39 is 5.82 Å². The standard InChI is InChI=1S/C28H24ClFN4O2S/c1-17-9-10-18(29)16-19(17)23-11-12-24(36-23)27-26(22-8-4-5-14-31-22)33-28(37)34(27)15-13-25(35)32-21-7-3-2-6-20(21)30/h2-12,14,16,26-27H,13,15H2,1H3,(H,32,35)(H,33,37). The first kappa shape index (κ1) is 24.9. The van der Waals surface area contributed by atoms with Gasteiger partial charge in [-0.15, -0.1) is 0 Å². The number of hydrogen-bond acceptors (Lipinski definition) is 4. The summed E-state index contributed by atoms with van der Waals surface area (Å²) in [4.78, 5) is 19.1. The number of thiocarbonyl (C=S) groups is 1. The fourth-order valence-corrected chi connectivity index (χ4v) is 4.97. The van der Waals surface area contributed by atoms with Gasteiger partial charge in [-0.05, 0) is 73.2 Å². The first-order chi connectivity index (χ1) is 17.9. The Kier molecular flexibility index (Phi) is 7.21. The van der Waals surface area contributed by atoms with Gasteiger partial charge in [0, 0.05) is 29.7 Å². The van der Waals surface area contributed by atoms with Crippen molar-refractivity contribution in [2.24, 2.45) is 0 Å². The summed E-state index contributed by atoms with van der Waals surface area (Å²) in [5.41, 5.74) is 2.88. The van der Waals surface area contributed by atoms with E-state index in [0.29, 0.717) is 28.2 Å². The molecular weight excluding hydrogens is 511 g/mol. The Bertz CT molecular complexity index is 1450. The summed E-state index contributed by atoms with van der Waals surface area (Å²) in [5.74, 6) is 0.557. The largest absolute Gasteiger partial charge is 0.459 e. The molecule has 1 aliphatic rings. The van der Waals surface area contributed by atoms with Crippen LogP contribution in [0.2, 0.25) is 5.02 Å². The van der Waals surface area contributed by atoms with Crippen molar-refractivity contribution in [3.63, 3.8) is 0 Å². The van der Waals surface area contributed by atoms with Crippen molar-refractivity contribution in [2.45, 2.75) is 25.4 Å². The molecule has 5 rings (SSSR count). The molecule has 1 saturated heterocycles. The first-order valence-corrected chi connectivity index (χ1v) is 12.6. The Balaban J connectivity index is 1.42. The molecular formula is C28H24ClFN4O2S. The van der Waals surface area contributed by atoms with Crippen LogP contribution in [0.4, 0.5) is 10.1 Å². The minimum Gasteiger partial charge on any atom is -0.459 e. The van der Waals surface area contributed by atoms with Crippen LogP contribution in [0.1, 0.15) is 35.5 Å². The van der Waals surface area contributed by atoms with E-state index in [1.807, 2.05) is 60.4 Å². The van der Waals surface area contributed by atoms with Gasteiger partial charge in [0.25, 0.3) is 0 Å². The van der Waals surface area contributed by atoms with E-state index in [-0.39, 0.29) is 30.1 Å². The molecule has 1 amide bonds. The second-order valence-electron chi connectivity index (χ2n) is 8.76. The lowest BCUT2D eigenvalue weighted by atomic mass is 10.0. The van der Waals surface area contributed by atoms with Gasteiger partial charge >= 0.3 is 0 Å². The molecule has 9 heteroatoms. The van der Waals surface area contributed by atoms with Gasteiger partial charge in [-0.2, -0.15) is 0 Å². The van der Waals surface area contributed by atoms with E-state index in [1.165, 1.54) is 12.1 Å². The Morgan fingerprint density at radius 3 is 2.76 bits per heavy atom. The average molecular weight is 535 g/mol. The van der Waals surface area contributed by atoms with Crippen molar-refractivity contribution in [1.82, 2.24) is 15.2 Å². The van der Waals surface area contributed by atoms with E-state index in [9.17, 15) is 9.18 Å². The zero-order valence-corrected chi connectivity index (χ0v) is 21.5. The van der Waals surface area contributed by atoms with Crippen LogP contribution < -0.4 is 10.6 Å². The number of aromatic nitrogens is 1. The average Bonchev–Trinajstić information content (AvgIpc) is 3.50. The predicted octanol–water partition coefficient (Wildman–Crippen LogP) is 6.44. The predicted molar refractivity (Wildman–Crippen MR) is 146 cm³/mol. The van der Waals surface area contributed by atoms with E-state index in [4.69, 9.17) is 28.2 Å². The number of hydrogen-bond donors (Lipinski definition) is 2. The second-order valence-corrected chi connectivity index (χ2v) is 9.58. The van der Waals surface area contributed by atoms with Crippen LogP contribution in [-0.4, -0.2) is 27.4 Å². The molecule has 37 heavy (non-hydrogen) atoms. The fraction of sp³-hybridized carbons (Fsp3) is 0.179. The van der Waals surface area contributed by atoms with Crippen molar-refractivity contribution < 1.29 is 13.6 Å². The number of amides is 1. The number of rotatable bonds is 7. The van der Waals surface area contributed by atoms with Crippen molar-refractivity contribution >= 4 is 40.5 Å². The van der Waals surface area contributed by atoms with Crippen molar-refractivity contribution in [2.75, 3.05) is 11.9 Å². The van der Waals surface area contributed by atoms with Crippen molar-refractivity contribution in [3.05, 3.63) is 107 Å². The quantitative estimate of drug-likeness (QED) is 0.266. The van der Waals surface area contributed by atoms with Crippen LogP contribution in [-0.2, 0) is 4.79 Å². The van der Waals surface area contributed by atoms with Crippen LogP contribution in [0.3, 0.4) is 0 Å². The molecule has 1 aliphatic heterocycles. The van der Waals surface area contributed by atoms with Crippen molar-refractivity contribution in [1.29, 1.82) is 0 Å². The van der Waals surface area contributed by atoms with Gasteiger partial charge in [0.1, 0.15) is 23.4 Å². The van der Waals surface area contributed by atoms with Crippen LogP contribution in [0.25, 0.3) is 11.3 Å². The van der Waals surface area contributed by atoms with Crippen LogP contribution in [0, 0.1) is 12.7 Å². The summed E-state index contributed by atoms with van der Waals surface area (Å²) in [5, 5.41) is 7.08. The highest BCUT2D eigenvalue weighted by molar-refractivity contribution is 7.80. The third-order valence-corrected chi connectivity index (χ3v) is 6.90. The van der Waals surface area contributed by atoms with Gasteiger partial charge in [-0.1, -0.05) is 35.9 Å². The number of anilines is 1. The summed E-state index contributed by atoms with van der Waals surface area (Å²) in [6.45, 7) is 2.30. The van der Waals surface area contributed by atoms with Crippen LogP contribution in [0.5, 0.6) is 0 Å². The lowest BCUT2D eigenvalue weighted by molar-refractivity contribution is -0.116. The SMILES string of the molecule is Cc1ccc(Cl)cc1-c1ccc(C2C(c3ccccn3)NC(=S)N2CCC(=O)Nc2ccccc2F)o1. The molecule has 4 aromatic rings. The van der Waals surface area contributed by atoms with Gasteiger partial charge in [-0.25, -0.2) is 4.39 Å². The summed E-state index contributed by atoms with van der Waals surface area (Å²) < 4.78 is 20.3. The fourth-order valence-electron chi connectivity index (χ4n) is 4.47. The van der Waals surface area contributed by atoms with Crippen molar-refractivity contribution in [3.8, 4) is 11.3 Å². The highest BCUT2D eigenvalue weighted by atomic mass is 35.5. The maximum atomic E-state index is 14.0. The topological polar surface area (TPSA) is 70.4 Å². The summed E-state index contributed by atoms with van der Waals surface area (Å²) >= 11 is 11.9. The number of carbonyl (C=O) groups is 1. The molecule has 0 spiro atoms. The highest BCUT2D eigenvalue weighted by Gasteiger charge is 2.41. The molecule has 0 aliphatic carbocycles. The summed E-state index contributed by atoms with van der Waals surface area (Å²) in [6, 6.07) is 20.6. The van der Waals surface area contributed by atoms with Crippen LogP contribution >= 0.6 is 23.8 Å². The minimum absolute atomic E-state index is 0.0998. The number of nitrogens with one attached hydrogen (secondary N) is 2. The molecule has 6 nitrogen and oxygen atoms in total.